The standard InChI is InChI=1S/C20H16ClN3O5/c1-11(25)14-8-16-17(28-10-27-16)9-15(14)22-18(26)6-7-19-23-20(24-29-19)12-2-4-13(21)5-3-12/h2-5,8-9H,6-7,10H2,1H3,(H,22,26). The van der Waals surface area contributed by atoms with E-state index in [4.69, 9.17) is 25.6 Å². The predicted molar refractivity (Wildman–Crippen MR) is 104 cm³/mol. The highest BCUT2D eigenvalue weighted by atomic mass is 35.5. The van der Waals surface area contributed by atoms with Crippen LogP contribution in [0.2, 0.25) is 5.02 Å². The van der Waals surface area contributed by atoms with Crippen molar-refractivity contribution in [2.75, 3.05) is 12.1 Å². The zero-order valence-corrected chi connectivity index (χ0v) is 16.2. The lowest BCUT2D eigenvalue weighted by Gasteiger charge is -2.10. The van der Waals surface area contributed by atoms with Gasteiger partial charge in [-0.1, -0.05) is 16.8 Å². The van der Waals surface area contributed by atoms with Gasteiger partial charge < -0.3 is 19.3 Å². The third-order valence-electron chi connectivity index (χ3n) is 4.30. The molecule has 0 unspecified atom stereocenters. The second-order valence-corrected chi connectivity index (χ2v) is 6.81. The number of ketones is 1. The highest BCUT2D eigenvalue weighted by Crippen LogP contribution is 2.37. The lowest BCUT2D eigenvalue weighted by Crippen LogP contribution is -2.14. The second kappa shape index (κ2) is 7.92. The molecule has 0 atom stereocenters. The number of nitrogens with one attached hydrogen (secondary N) is 1. The van der Waals surface area contributed by atoms with Crippen molar-refractivity contribution < 1.29 is 23.6 Å². The number of fused-ring (bicyclic) bond motifs is 1. The lowest BCUT2D eigenvalue weighted by atomic mass is 10.1. The molecule has 29 heavy (non-hydrogen) atoms. The van der Waals surface area contributed by atoms with E-state index in [2.05, 4.69) is 15.5 Å². The van der Waals surface area contributed by atoms with E-state index in [9.17, 15) is 9.59 Å². The Morgan fingerprint density at radius 1 is 1.14 bits per heavy atom. The van der Waals surface area contributed by atoms with E-state index in [-0.39, 0.29) is 31.3 Å². The second-order valence-electron chi connectivity index (χ2n) is 6.37. The van der Waals surface area contributed by atoms with E-state index < -0.39 is 0 Å². The molecule has 9 heteroatoms. The van der Waals surface area contributed by atoms with Gasteiger partial charge in [0.2, 0.25) is 24.4 Å². The Bertz CT molecular complexity index is 1080. The summed E-state index contributed by atoms with van der Waals surface area (Å²) in [5.74, 6) is 1.23. The van der Waals surface area contributed by atoms with Gasteiger partial charge in [-0.25, -0.2) is 0 Å². The number of nitrogens with zero attached hydrogens (tertiary/aromatic N) is 2. The minimum absolute atomic E-state index is 0.0805. The Labute approximate surface area is 170 Å². The number of Topliss-reactive ketones (excluding diaryl/α,β-unsaturated/α-hetero) is 1. The molecule has 0 saturated heterocycles. The van der Waals surface area contributed by atoms with E-state index in [1.54, 1.807) is 36.4 Å². The van der Waals surface area contributed by atoms with Crippen LogP contribution in [0, 0.1) is 0 Å². The van der Waals surface area contributed by atoms with Crippen LogP contribution in [0.25, 0.3) is 11.4 Å². The smallest absolute Gasteiger partial charge is 0.231 e. The van der Waals surface area contributed by atoms with Crippen molar-refractivity contribution in [3.8, 4) is 22.9 Å². The number of aromatic nitrogens is 2. The summed E-state index contributed by atoms with van der Waals surface area (Å²) in [6.07, 6.45) is 0.362. The van der Waals surface area contributed by atoms with Gasteiger partial charge in [-0.3, -0.25) is 9.59 Å². The number of rotatable bonds is 6. The van der Waals surface area contributed by atoms with Gasteiger partial charge in [0.15, 0.2) is 17.3 Å². The zero-order chi connectivity index (χ0) is 20.4. The quantitative estimate of drug-likeness (QED) is 0.611. The van der Waals surface area contributed by atoms with Gasteiger partial charge >= 0.3 is 0 Å². The summed E-state index contributed by atoms with van der Waals surface area (Å²) in [5.41, 5.74) is 1.49. The molecule has 3 aromatic rings. The number of ether oxygens (including phenoxy) is 2. The van der Waals surface area contributed by atoms with Crippen LogP contribution in [0.5, 0.6) is 11.5 Å². The maximum absolute atomic E-state index is 12.4. The minimum atomic E-state index is -0.294. The summed E-state index contributed by atoms with van der Waals surface area (Å²) in [6, 6.07) is 10.2. The van der Waals surface area contributed by atoms with Crippen LogP contribution in [0.3, 0.4) is 0 Å². The van der Waals surface area contributed by atoms with Gasteiger partial charge in [0.1, 0.15) is 0 Å². The summed E-state index contributed by atoms with van der Waals surface area (Å²) in [6.45, 7) is 1.50. The summed E-state index contributed by atoms with van der Waals surface area (Å²) < 4.78 is 15.8. The molecule has 8 nitrogen and oxygen atoms in total. The van der Waals surface area contributed by atoms with Crippen molar-refractivity contribution in [2.45, 2.75) is 19.8 Å². The first-order valence-electron chi connectivity index (χ1n) is 8.82. The first kappa shape index (κ1) is 18.9. The summed E-state index contributed by atoms with van der Waals surface area (Å²) >= 11 is 5.87. The number of amides is 1. The van der Waals surface area contributed by atoms with Gasteiger partial charge in [0.25, 0.3) is 0 Å². The van der Waals surface area contributed by atoms with Crippen molar-refractivity contribution >= 4 is 29.0 Å². The van der Waals surface area contributed by atoms with Crippen LogP contribution in [0.1, 0.15) is 29.6 Å². The molecule has 4 rings (SSSR count). The highest BCUT2D eigenvalue weighted by Gasteiger charge is 2.20. The fourth-order valence-electron chi connectivity index (χ4n) is 2.84. The van der Waals surface area contributed by atoms with E-state index in [0.29, 0.717) is 39.5 Å². The molecule has 0 saturated carbocycles. The summed E-state index contributed by atoms with van der Waals surface area (Å²) in [4.78, 5) is 28.6. The van der Waals surface area contributed by atoms with E-state index >= 15 is 0 Å². The molecule has 2 heterocycles. The number of benzene rings is 2. The van der Waals surface area contributed by atoms with Crippen molar-refractivity contribution in [1.82, 2.24) is 10.1 Å². The molecular formula is C20H16ClN3O5. The number of halogens is 1. The van der Waals surface area contributed by atoms with E-state index in [1.807, 2.05) is 0 Å². The molecule has 0 fully saturated rings. The predicted octanol–water partition coefficient (Wildman–Crippen LogP) is 3.89. The average molecular weight is 414 g/mol. The van der Waals surface area contributed by atoms with Gasteiger partial charge in [0, 0.05) is 35.1 Å². The monoisotopic (exact) mass is 413 g/mol. The van der Waals surface area contributed by atoms with Crippen LogP contribution < -0.4 is 14.8 Å². The maximum Gasteiger partial charge on any atom is 0.231 e. The van der Waals surface area contributed by atoms with Gasteiger partial charge in [-0.05, 0) is 37.3 Å². The molecule has 1 aliphatic rings. The van der Waals surface area contributed by atoms with Crippen molar-refractivity contribution in [3.63, 3.8) is 0 Å². The molecule has 1 aliphatic heterocycles. The number of carbonyl (C=O) groups excluding carboxylic acids is 2. The fourth-order valence-corrected chi connectivity index (χ4v) is 2.97. The largest absolute Gasteiger partial charge is 0.454 e. The van der Waals surface area contributed by atoms with Gasteiger partial charge in [-0.15, -0.1) is 0 Å². The Hall–Kier alpha value is -3.39. The SMILES string of the molecule is CC(=O)c1cc2c(cc1NC(=O)CCc1nc(-c3ccc(Cl)cc3)no1)OCO2. The maximum atomic E-state index is 12.4. The third-order valence-corrected chi connectivity index (χ3v) is 4.55. The number of anilines is 1. The molecule has 1 N–H and O–H groups in total. The Balaban J connectivity index is 1.41. The van der Waals surface area contributed by atoms with Crippen molar-refractivity contribution in [3.05, 3.63) is 52.9 Å². The van der Waals surface area contributed by atoms with Gasteiger partial charge in [0.05, 0.1) is 5.69 Å². The van der Waals surface area contributed by atoms with E-state index in [0.717, 1.165) is 5.56 Å². The molecule has 148 valence electrons. The lowest BCUT2D eigenvalue weighted by molar-refractivity contribution is -0.116. The molecule has 1 aromatic heterocycles. The fraction of sp³-hybridized carbons (Fsp3) is 0.200. The zero-order valence-electron chi connectivity index (χ0n) is 15.4. The van der Waals surface area contributed by atoms with Crippen LogP contribution in [-0.4, -0.2) is 28.6 Å². The average Bonchev–Trinajstić information content (AvgIpc) is 3.35. The van der Waals surface area contributed by atoms with Crippen molar-refractivity contribution in [1.29, 1.82) is 0 Å². The Morgan fingerprint density at radius 3 is 2.59 bits per heavy atom. The first-order valence-corrected chi connectivity index (χ1v) is 9.20. The number of carbonyl (C=O) groups is 2. The molecule has 0 radical (unpaired) electrons. The van der Waals surface area contributed by atoms with Crippen LogP contribution in [0.4, 0.5) is 5.69 Å². The minimum Gasteiger partial charge on any atom is -0.454 e. The van der Waals surface area contributed by atoms with Gasteiger partial charge in [-0.2, -0.15) is 4.98 Å². The normalized spacial score (nSPS) is 12.1. The molecule has 2 aromatic carbocycles. The van der Waals surface area contributed by atoms with Crippen molar-refractivity contribution in [2.24, 2.45) is 0 Å². The number of hydrogen-bond acceptors (Lipinski definition) is 7. The summed E-state index contributed by atoms with van der Waals surface area (Å²) in [5, 5.41) is 7.27. The Morgan fingerprint density at radius 2 is 1.86 bits per heavy atom. The Kier molecular flexibility index (Phi) is 5.18. The van der Waals surface area contributed by atoms with Crippen LogP contribution >= 0.6 is 11.6 Å². The molecule has 1 amide bonds. The van der Waals surface area contributed by atoms with Crippen LogP contribution in [0.15, 0.2) is 40.9 Å². The topological polar surface area (TPSA) is 104 Å². The molecule has 0 spiro atoms. The van der Waals surface area contributed by atoms with Crippen LogP contribution in [-0.2, 0) is 11.2 Å². The first-order chi connectivity index (χ1) is 14.0. The molecular weight excluding hydrogens is 398 g/mol. The van der Waals surface area contributed by atoms with E-state index in [1.165, 1.54) is 6.92 Å². The molecule has 0 bridgehead atoms. The summed E-state index contributed by atoms with van der Waals surface area (Å²) in [7, 11) is 0. The molecule has 0 aliphatic carbocycles. The number of hydrogen-bond donors (Lipinski definition) is 1. The highest BCUT2D eigenvalue weighted by molar-refractivity contribution is 6.30. The number of aryl methyl sites for hydroxylation is 1. The third kappa shape index (κ3) is 4.22.